The van der Waals surface area contributed by atoms with Gasteiger partial charge in [0, 0.05) is 5.56 Å². The van der Waals surface area contributed by atoms with Crippen molar-refractivity contribution in [1.82, 2.24) is 0 Å². The molecule has 0 aliphatic carbocycles. The third-order valence-electron chi connectivity index (χ3n) is 3.36. The lowest BCUT2D eigenvalue weighted by Crippen LogP contribution is -2.11. The highest BCUT2D eigenvalue weighted by atomic mass is 35.5. The molecule has 3 N–H and O–H groups in total. The Bertz CT molecular complexity index is 730. The monoisotopic (exact) mass is 370 g/mol. The van der Waals surface area contributed by atoms with Crippen LogP contribution in [0.3, 0.4) is 0 Å². The molecule has 0 radical (unpaired) electrons. The van der Waals surface area contributed by atoms with Crippen LogP contribution in [-0.2, 0) is 6.61 Å². The largest absolute Gasteiger partial charge is 0.493 e. The molecule has 8 heteroatoms. The van der Waals surface area contributed by atoms with E-state index in [4.69, 9.17) is 30.1 Å². The number of hydrogen-bond donors (Lipinski definition) is 2. The lowest BCUT2D eigenvalue weighted by atomic mass is 10.2. The Hall–Kier alpha value is -2.67. The summed E-state index contributed by atoms with van der Waals surface area (Å²) in [6.07, 6.45) is 0. The van der Waals surface area contributed by atoms with Crippen LogP contribution in [0, 0.1) is 11.2 Å². The summed E-state index contributed by atoms with van der Waals surface area (Å²) in [5.41, 5.74) is 6.35. The normalized spacial score (nSPS) is 9.76. The third kappa shape index (κ3) is 4.67. The molecule has 0 spiro atoms. The molecule has 2 rings (SSSR count). The van der Waals surface area contributed by atoms with Crippen LogP contribution in [0.5, 0.6) is 23.0 Å². The summed E-state index contributed by atoms with van der Waals surface area (Å²) >= 11 is 0. The quantitative estimate of drug-likeness (QED) is 0.577. The Kier molecular flexibility index (Phi) is 7.32. The molecule has 2 aromatic rings. The van der Waals surface area contributed by atoms with Crippen molar-refractivity contribution < 1.29 is 23.3 Å². The molecule has 0 atom stereocenters. The number of nitrogen functional groups attached to an aromatic ring is 1. The Balaban J connectivity index is 0.00000312. The summed E-state index contributed by atoms with van der Waals surface area (Å²) in [4.78, 5) is 0. The van der Waals surface area contributed by atoms with Crippen LogP contribution in [0.4, 0.5) is 4.39 Å². The van der Waals surface area contributed by atoms with Gasteiger partial charge in [0.2, 0.25) is 5.75 Å². The van der Waals surface area contributed by atoms with E-state index in [0.29, 0.717) is 22.8 Å². The Morgan fingerprint density at radius 2 is 1.60 bits per heavy atom. The molecular weight excluding hydrogens is 351 g/mol. The number of ether oxygens (including phenoxy) is 4. The van der Waals surface area contributed by atoms with Crippen molar-refractivity contribution in [2.45, 2.75) is 6.61 Å². The minimum Gasteiger partial charge on any atom is -0.493 e. The molecule has 0 aromatic heterocycles. The smallest absolute Gasteiger partial charge is 0.203 e. The van der Waals surface area contributed by atoms with Gasteiger partial charge in [-0.15, -0.1) is 12.4 Å². The van der Waals surface area contributed by atoms with Crippen LogP contribution >= 0.6 is 12.4 Å². The minimum atomic E-state index is -0.588. The SMILES string of the molecule is COc1cc(COc2ccc(C(=N)N)cc2F)cc(OC)c1OC.Cl. The number of benzene rings is 2. The molecule has 0 saturated carbocycles. The van der Waals surface area contributed by atoms with E-state index in [1.165, 1.54) is 33.5 Å². The number of nitrogens with one attached hydrogen (secondary N) is 1. The Labute approximate surface area is 151 Å². The molecule has 0 bridgehead atoms. The number of methoxy groups -OCH3 is 3. The number of nitrogens with two attached hydrogens (primary N) is 1. The van der Waals surface area contributed by atoms with Crippen LogP contribution in [0.2, 0.25) is 0 Å². The molecule has 2 aromatic carbocycles. The van der Waals surface area contributed by atoms with Crippen LogP contribution in [0.1, 0.15) is 11.1 Å². The minimum absolute atomic E-state index is 0. The standard InChI is InChI=1S/C17H19FN2O4.ClH/c1-21-14-6-10(7-15(22-2)16(14)23-3)9-24-13-5-4-11(17(19)20)8-12(13)18;/h4-8H,9H2,1-3H3,(H3,19,20);1H. The zero-order valence-corrected chi connectivity index (χ0v) is 14.9. The molecule has 0 fully saturated rings. The summed E-state index contributed by atoms with van der Waals surface area (Å²) in [5.74, 6) is 0.723. The highest BCUT2D eigenvalue weighted by Crippen LogP contribution is 2.38. The molecule has 25 heavy (non-hydrogen) atoms. The number of rotatable bonds is 7. The first-order valence-electron chi connectivity index (χ1n) is 7.05. The van der Waals surface area contributed by atoms with Crippen LogP contribution in [0.15, 0.2) is 30.3 Å². The van der Waals surface area contributed by atoms with Crippen molar-refractivity contribution in [2.24, 2.45) is 5.73 Å². The zero-order valence-electron chi connectivity index (χ0n) is 14.1. The lowest BCUT2D eigenvalue weighted by Gasteiger charge is -2.15. The van der Waals surface area contributed by atoms with E-state index >= 15 is 0 Å². The predicted octanol–water partition coefficient (Wildman–Crippen LogP) is 3.14. The summed E-state index contributed by atoms with van der Waals surface area (Å²) in [5, 5.41) is 7.30. The highest BCUT2D eigenvalue weighted by molar-refractivity contribution is 5.95. The molecule has 0 aliphatic rings. The topological polar surface area (TPSA) is 86.8 Å². The van der Waals surface area contributed by atoms with Crippen molar-refractivity contribution in [3.63, 3.8) is 0 Å². The average Bonchev–Trinajstić information content (AvgIpc) is 2.59. The van der Waals surface area contributed by atoms with Crippen molar-refractivity contribution in [1.29, 1.82) is 5.41 Å². The van der Waals surface area contributed by atoms with Gasteiger partial charge in [0.1, 0.15) is 12.4 Å². The summed E-state index contributed by atoms with van der Waals surface area (Å²) < 4.78 is 35.2. The van der Waals surface area contributed by atoms with Gasteiger partial charge in [-0.2, -0.15) is 0 Å². The first kappa shape index (κ1) is 20.4. The summed E-state index contributed by atoms with van der Waals surface area (Å²) in [6.45, 7) is 0.104. The Morgan fingerprint density at radius 1 is 1.00 bits per heavy atom. The average molecular weight is 371 g/mol. The van der Waals surface area contributed by atoms with Gasteiger partial charge in [-0.1, -0.05) is 0 Å². The first-order valence-corrected chi connectivity index (χ1v) is 7.05. The highest BCUT2D eigenvalue weighted by Gasteiger charge is 2.14. The fourth-order valence-electron chi connectivity index (χ4n) is 2.17. The number of hydrogen-bond acceptors (Lipinski definition) is 5. The fourth-order valence-corrected chi connectivity index (χ4v) is 2.17. The van der Waals surface area contributed by atoms with Gasteiger partial charge in [0.05, 0.1) is 21.3 Å². The van der Waals surface area contributed by atoms with Crippen molar-refractivity contribution in [3.8, 4) is 23.0 Å². The predicted molar refractivity (Wildman–Crippen MR) is 95.1 cm³/mol. The number of halogens is 2. The Morgan fingerprint density at radius 3 is 2.04 bits per heavy atom. The number of amidine groups is 1. The van der Waals surface area contributed by atoms with Crippen LogP contribution in [0.25, 0.3) is 0 Å². The fraction of sp³-hybridized carbons (Fsp3) is 0.235. The van der Waals surface area contributed by atoms with Gasteiger partial charge in [-0.25, -0.2) is 4.39 Å². The maximum atomic E-state index is 14.0. The van der Waals surface area contributed by atoms with Gasteiger partial charge in [-0.05, 0) is 35.9 Å². The molecule has 0 heterocycles. The molecule has 136 valence electrons. The van der Waals surface area contributed by atoms with Gasteiger partial charge in [0.25, 0.3) is 0 Å². The van der Waals surface area contributed by atoms with Crippen molar-refractivity contribution >= 4 is 18.2 Å². The summed E-state index contributed by atoms with van der Waals surface area (Å²) in [6, 6.07) is 7.57. The van der Waals surface area contributed by atoms with E-state index < -0.39 is 5.82 Å². The van der Waals surface area contributed by atoms with E-state index in [0.717, 1.165) is 11.6 Å². The maximum Gasteiger partial charge on any atom is 0.203 e. The first-order chi connectivity index (χ1) is 11.5. The third-order valence-corrected chi connectivity index (χ3v) is 3.36. The molecular formula is C17H20ClFN2O4. The van der Waals surface area contributed by atoms with Gasteiger partial charge >= 0.3 is 0 Å². The molecule has 0 saturated heterocycles. The van der Waals surface area contributed by atoms with E-state index in [-0.39, 0.29) is 30.6 Å². The lowest BCUT2D eigenvalue weighted by molar-refractivity contribution is 0.285. The van der Waals surface area contributed by atoms with E-state index in [9.17, 15) is 4.39 Å². The van der Waals surface area contributed by atoms with E-state index in [2.05, 4.69) is 0 Å². The van der Waals surface area contributed by atoms with Crippen molar-refractivity contribution in [2.75, 3.05) is 21.3 Å². The molecule has 0 unspecified atom stereocenters. The molecule has 0 aliphatic heterocycles. The van der Waals surface area contributed by atoms with E-state index in [1.807, 2.05) is 0 Å². The van der Waals surface area contributed by atoms with Gasteiger partial charge in [0.15, 0.2) is 23.1 Å². The zero-order chi connectivity index (χ0) is 17.7. The van der Waals surface area contributed by atoms with Crippen LogP contribution in [-0.4, -0.2) is 27.2 Å². The second kappa shape index (κ2) is 8.98. The molecule has 0 amide bonds. The van der Waals surface area contributed by atoms with Crippen molar-refractivity contribution in [3.05, 3.63) is 47.3 Å². The second-order valence-corrected chi connectivity index (χ2v) is 4.88. The maximum absolute atomic E-state index is 14.0. The summed E-state index contributed by atoms with van der Waals surface area (Å²) in [7, 11) is 4.55. The van der Waals surface area contributed by atoms with E-state index in [1.54, 1.807) is 12.1 Å². The van der Waals surface area contributed by atoms with Gasteiger partial charge < -0.3 is 24.7 Å². The van der Waals surface area contributed by atoms with Gasteiger partial charge in [-0.3, -0.25) is 5.41 Å². The molecule has 6 nitrogen and oxygen atoms in total. The van der Waals surface area contributed by atoms with Crippen LogP contribution < -0.4 is 24.7 Å². The second-order valence-electron chi connectivity index (χ2n) is 4.88.